The van der Waals surface area contributed by atoms with Crippen molar-refractivity contribution in [2.45, 2.75) is 44.1 Å². The number of nitrogens with zero attached hydrogens (tertiary/aromatic N) is 1. The zero-order valence-corrected chi connectivity index (χ0v) is 15.3. The number of aliphatic hydroxyl groups excluding tert-OH is 1. The Balaban J connectivity index is 1.32. The highest BCUT2D eigenvalue weighted by Gasteiger charge is 2.27. The van der Waals surface area contributed by atoms with Crippen LogP contribution in [0.4, 0.5) is 4.39 Å². The zero-order valence-electron chi connectivity index (χ0n) is 15.3. The van der Waals surface area contributed by atoms with Crippen LogP contribution in [0.15, 0.2) is 48.5 Å². The molecule has 2 aromatic carbocycles. The maximum absolute atomic E-state index is 13.5. The van der Waals surface area contributed by atoms with Gasteiger partial charge in [0.15, 0.2) is 0 Å². The van der Waals surface area contributed by atoms with Crippen LogP contribution in [-0.4, -0.2) is 29.6 Å². The molecule has 1 N–H and O–H groups in total. The maximum Gasteiger partial charge on any atom is 0.123 e. The van der Waals surface area contributed by atoms with Crippen LogP contribution in [0.3, 0.4) is 0 Å². The fraction of sp³-hybridized carbons (Fsp3) is 0.478. The van der Waals surface area contributed by atoms with Gasteiger partial charge in [0.2, 0.25) is 0 Å². The van der Waals surface area contributed by atoms with Crippen LogP contribution in [0.25, 0.3) is 0 Å². The molecule has 4 rings (SSSR count). The number of benzene rings is 2. The Hall–Kier alpha value is -1.71. The largest absolute Gasteiger partial charge is 0.388 e. The van der Waals surface area contributed by atoms with Crippen molar-refractivity contribution < 1.29 is 9.50 Å². The van der Waals surface area contributed by atoms with Crippen LogP contribution in [0.2, 0.25) is 0 Å². The second kappa shape index (κ2) is 7.89. The summed E-state index contributed by atoms with van der Waals surface area (Å²) < 4.78 is 13.5. The summed E-state index contributed by atoms with van der Waals surface area (Å²) in [6.07, 6.45) is 4.94. The third-order valence-electron chi connectivity index (χ3n) is 6.22. The molecule has 0 spiro atoms. The third-order valence-corrected chi connectivity index (χ3v) is 6.22. The number of aryl methyl sites for hydroxylation is 1. The molecule has 1 saturated heterocycles. The summed E-state index contributed by atoms with van der Waals surface area (Å²) >= 11 is 0. The van der Waals surface area contributed by atoms with Gasteiger partial charge in [0.25, 0.3) is 0 Å². The summed E-state index contributed by atoms with van der Waals surface area (Å²) in [6, 6.07) is 15.4. The minimum absolute atomic E-state index is 0.128. The predicted molar refractivity (Wildman–Crippen MR) is 103 cm³/mol. The first-order valence-corrected chi connectivity index (χ1v) is 9.92. The van der Waals surface area contributed by atoms with Gasteiger partial charge in [-0.25, -0.2) is 4.39 Å². The standard InChI is InChI=1S/C23H28FNO/c24-21-6-3-5-20(15-21)18-10-12-25(13-11-18)16-17-8-9-19-4-1-2-7-22(19)23(26)14-17/h1-7,15,17-18,23,26H,8-14,16H2/t17-,23-/m0/s1. The van der Waals surface area contributed by atoms with E-state index in [0.717, 1.165) is 62.9 Å². The first-order valence-electron chi connectivity index (χ1n) is 9.92. The molecule has 2 nitrogen and oxygen atoms in total. The first kappa shape index (κ1) is 17.7. The van der Waals surface area contributed by atoms with Gasteiger partial charge >= 0.3 is 0 Å². The molecule has 0 radical (unpaired) electrons. The molecule has 0 aromatic heterocycles. The monoisotopic (exact) mass is 353 g/mol. The van der Waals surface area contributed by atoms with E-state index in [2.05, 4.69) is 29.2 Å². The van der Waals surface area contributed by atoms with Crippen molar-refractivity contribution in [1.29, 1.82) is 0 Å². The molecular formula is C23H28FNO. The zero-order chi connectivity index (χ0) is 17.9. The lowest BCUT2D eigenvalue weighted by molar-refractivity contribution is 0.117. The molecule has 1 aliphatic carbocycles. The summed E-state index contributed by atoms with van der Waals surface area (Å²) in [5.41, 5.74) is 3.58. The van der Waals surface area contributed by atoms with Crippen LogP contribution in [0.1, 0.15) is 54.4 Å². The minimum atomic E-state index is -0.330. The van der Waals surface area contributed by atoms with Crippen molar-refractivity contribution in [3.05, 3.63) is 71.0 Å². The van der Waals surface area contributed by atoms with E-state index in [1.807, 2.05) is 12.1 Å². The van der Waals surface area contributed by atoms with Crippen LogP contribution in [0.5, 0.6) is 0 Å². The molecular weight excluding hydrogens is 325 g/mol. The average Bonchev–Trinajstić information content (AvgIpc) is 2.82. The van der Waals surface area contributed by atoms with E-state index in [1.165, 1.54) is 11.6 Å². The van der Waals surface area contributed by atoms with E-state index in [9.17, 15) is 9.50 Å². The lowest BCUT2D eigenvalue weighted by atomic mass is 9.88. The summed E-state index contributed by atoms with van der Waals surface area (Å²) in [5.74, 6) is 0.894. The Morgan fingerprint density at radius 2 is 1.81 bits per heavy atom. The minimum Gasteiger partial charge on any atom is -0.388 e. The van der Waals surface area contributed by atoms with Gasteiger partial charge in [-0.05, 0) is 85.9 Å². The number of halogens is 1. The van der Waals surface area contributed by atoms with Crippen molar-refractivity contribution >= 4 is 0 Å². The number of likely N-dealkylation sites (tertiary alicyclic amines) is 1. The summed E-state index contributed by atoms with van der Waals surface area (Å²) in [6.45, 7) is 3.21. The van der Waals surface area contributed by atoms with E-state index >= 15 is 0 Å². The van der Waals surface area contributed by atoms with Crippen LogP contribution in [0, 0.1) is 11.7 Å². The van der Waals surface area contributed by atoms with Gasteiger partial charge in [-0.1, -0.05) is 36.4 Å². The van der Waals surface area contributed by atoms with Crippen molar-refractivity contribution in [2.75, 3.05) is 19.6 Å². The maximum atomic E-state index is 13.5. The van der Waals surface area contributed by atoms with E-state index in [4.69, 9.17) is 0 Å². The topological polar surface area (TPSA) is 23.5 Å². The second-order valence-electron chi connectivity index (χ2n) is 7.98. The normalized spacial score (nSPS) is 24.8. The van der Waals surface area contributed by atoms with E-state index in [-0.39, 0.29) is 11.9 Å². The SMILES string of the molecule is O[C@H]1C[C@@H](CN2CCC(c3cccc(F)c3)CC2)CCc2ccccc21. The van der Waals surface area contributed by atoms with Crippen LogP contribution in [-0.2, 0) is 6.42 Å². The Morgan fingerprint density at radius 1 is 1.00 bits per heavy atom. The summed E-state index contributed by atoms with van der Waals surface area (Å²) in [4.78, 5) is 2.54. The lowest BCUT2D eigenvalue weighted by Gasteiger charge is -2.34. The Kier molecular flexibility index (Phi) is 5.37. The molecule has 0 saturated carbocycles. The van der Waals surface area contributed by atoms with Crippen molar-refractivity contribution in [2.24, 2.45) is 5.92 Å². The first-order chi connectivity index (χ1) is 12.7. The van der Waals surface area contributed by atoms with Gasteiger partial charge in [-0.15, -0.1) is 0 Å². The van der Waals surface area contributed by atoms with Gasteiger partial charge < -0.3 is 10.0 Å². The fourth-order valence-corrected chi connectivity index (χ4v) is 4.75. The molecule has 2 aliphatic rings. The molecule has 3 heteroatoms. The van der Waals surface area contributed by atoms with E-state index in [1.54, 1.807) is 6.07 Å². The van der Waals surface area contributed by atoms with Crippen molar-refractivity contribution in [3.63, 3.8) is 0 Å². The average molecular weight is 353 g/mol. The van der Waals surface area contributed by atoms with E-state index in [0.29, 0.717) is 11.8 Å². The van der Waals surface area contributed by atoms with Crippen molar-refractivity contribution in [1.82, 2.24) is 4.90 Å². The van der Waals surface area contributed by atoms with Gasteiger partial charge in [0, 0.05) is 6.54 Å². The molecule has 1 fully saturated rings. The summed E-state index contributed by atoms with van der Waals surface area (Å²) in [7, 11) is 0. The fourth-order valence-electron chi connectivity index (χ4n) is 4.75. The second-order valence-corrected chi connectivity index (χ2v) is 7.98. The third kappa shape index (κ3) is 3.99. The quantitative estimate of drug-likeness (QED) is 0.809. The molecule has 2 aromatic rings. The molecule has 1 heterocycles. The number of piperidine rings is 1. The molecule has 26 heavy (non-hydrogen) atoms. The Bertz CT molecular complexity index is 738. The highest BCUT2D eigenvalue weighted by atomic mass is 19.1. The van der Waals surface area contributed by atoms with Gasteiger partial charge in [0.05, 0.1) is 6.10 Å². The number of hydrogen-bond donors (Lipinski definition) is 1. The molecule has 1 aliphatic heterocycles. The molecule has 0 bridgehead atoms. The molecule has 0 unspecified atom stereocenters. The van der Waals surface area contributed by atoms with Crippen molar-refractivity contribution in [3.8, 4) is 0 Å². The van der Waals surface area contributed by atoms with Crippen LogP contribution >= 0.6 is 0 Å². The number of rotatable bonds is 3. The molecule has 0 amide bonds. The van der Waals surface area contributed by atoms with Gasteiger partial charge in [-0.2, -0.15) is 0 Å². The Morgan fingerprint density at radius 3 is 2.62 bits per heavy atom. The highest BCUT2D eigenvalue weighted by Crippen LogP contribution is 2.34. The smallest absolute Gasteiger partial charge is 0.123 e. The Labute approximate surface area is 155 Å². The van der Waals surface area contributed by atoms with Crippen LogP contribution < -0.4 is 0 Å². The van der Waals surface area contributed by atoms with Gasteiger partial charge in [0.1, 0.15) is 5.82 Å². The van der Waals surface area contributed by atoms with Gasteiger partial charge in [-0.3, -0.25) is 0 Å². The summed E-state index contributed by atoms with van der Waals surface area (Å²) in [5, 5.41) is 10.6. The highest BCUT2D eigenvalue weighted by molar-refractivity contribution is 5.30. The lowest BCUT2D eigenvalue weighted by Crippen LogP contribution is -2.36. The number of aliphatic hydroxyl groups is 1. The molecule has 138 valence electrons. The number of hydrogen-bond acceptors (Lipinski definition) is 2. The van der Waals surface area contributed by atoms with E-state index < -0.39 is 0 Å². The molecule has 2 atom stereocenters. The predicted octanol–water partition coefficient (Wildman–Crippen LogP) is 4.69. The number of fused-ring (bicyclic) bond motifs is 1.